The van der Waals surface area contributed by atoms with Gasteiger partial charge in [-0.1, -0.05) is 44.2 Å². The maximum atomic E-state index is 10.3. The number of hydrogen-bond donors (Lipinski definition) is 1. The molecule has 18 heavy (non-hydrogen) atoms. The third kappa shape index (κ3) is 3.21. The Morgan fingerprint density at radius 2 is 1.72 bits per heavy atom. The molecular formula is C16H20OS. The van der Waals surface area contributed by atoms with Crippen molar-refractivity contribution in [3.8, 4) is 0 Å². The zero-order valence-corrected chi connectivity index (χ0v) is 11.8. The molecule has 0 fully saturated rings. The van der Waals surface area contributed by atoms with Gasteiger partial charge >= 0.3 is 0 Å². The Morgan fingerprint density at radius 1 is 1.06 bits per heavy atom. The fraction of sp³-hybridized carbons (Fsp3) is 0.375. The number of aryl methyl sites for hydroxylation is 1. The van der Waals surface area contributed by atoms with E-state index in [1.54, 1.807) is 0 Å². The van der Waals surface area contributed by atoms with E-state index < -0.39 is 0 Å². The molecule has 2 rings (SSSR count). The van der Waals surface area contributed by atoms with Gasteiger partial charge in [0.1, 0.15) is 0 Å². The highest BCUT2D eigenvalue weighted by Gasteiger charge is 2.17. The van der Waals surface area contributed by atoms with Crippen molar-refractivity contribution < 1.29 is 5.11 Å². The third-order valence-corrected chi connectivity index (χ3v) is 4.63. The summed E-state index contributed by atoms with van der Waals surface area (Å²) in [5.74, 6) is 0.179. The van der Waals surface area contributed by atoms with Crippen molar-refractivity contribution in [2.45, 2.75) is 38.7 Å². The first-order valence-electron chi connectivity index (χ1n) is 6.51. The molecule has 1 aromatic heterocycles. The molecule has 2 atom stereocenters. The van der Waals surface area contributed by atoms with Crippen molar-refractivity contribution in [2.75, 3.05) is 0 Å². The molecule has 0 bridgehead atoms. The summed E-state index contributed by atoms with van der Waals surface area (Å²) in [6.45, 7) is 4.26. The molecule has 0 aliphatic carbocycles. The van der Waals surface area contributed by atoms with E-state index in [1.165, 1.54) is 15.3 Å². The Hall–Kier alpha value is -1.12. The number of aliphatic hydroxyl groups excluding tert-OH is 1. The van der Waals surface area contributed by atoms with E-state index in [4.69, 9.17) is 0 Å². The van der Waals surface area contributed by atoms with Crippen LogP contribution >= 0.6 is 11.3 Å². The van der Waals surface area contributed by atoms with Gasteiger partial charge in [0.15, 0.2) is 0 Å². The van der Waals surface area contributed by atoms with Crippen molar-refractivity contribution in [1.29, 1.82) is 0 Å². The summed E-state index contributed by atoms with van der Waals surface area (Å²) in [6, 6.07) is 14.5. The first kappa shape index (κ1) is 13.3. The lowest BCUT2D eigenvalue weighted by Gasteiger charge is -2.18. The van der Waals surface area contributed by atoms with Gasteiger partial charge in [0.05, 0.1) is 6.10 Å². The van der Waals surface area contributed by atoms with Crippen molar-refractivity contribution in [3.05, 3.63) is 57.8 Å². The van der Waals surface area contributed by atoms with Crippen molar-refractivity contribution in [3.63, 3.8) is 0 Å². The van der Waals surface area contributed by atoms with Crippen LogP contribution in [0.25, 0.3) is 0 Å². The smallest absolute Gasteiger partial charge is 0.0654 e. The second kappa shape index (κ2) is 6.17. The standard InChI is InChI=1S/C16H20OS/c1-3-14-9-10-15(18-14)11-16(17)12(2)13-7-5-4-6-8-13/h4-10,12,16-17H,3,11H2,1-2H3. The van der Waals surface area contributed by atoms with Gasteiger partial charge in [0.25, 0.3) is 0 Å². The lowest BCUT2D eigenvalue weighted by molar-refractivity contribution is 0.150. The lowest BCUT2D eigenvalue weighted by Crippen LogP contribution is -2.18. The highest BCUT2D eigenvalue weighted by molar-refractivity contribution is 7.11. The summed E-state index contributed by atoms with van der Waals surface area (Å²) in [5.41, 5.74) is 1.21. The molecule has 2 heteroatoms. The molecule has 0 amide bonds. The van der Waals surface area contributed by atoms with E-state index in [1.807, 2.05) is 29.5 Å². The minimum atomic E-state index is -0.309. The van der Waals surface area contributed by atoms with E-state index >= 15 is 0 Å². The summed E-state index contributed by atoms with van der Waals surface area (Å²) < 4.78 is 0. The van der Waals surface area contributed by atoms with Crippen LogP contribution in [0.2, 0.25) is 0 Å². The molecule has 0 aliphatic rings. The zero-order chi connectivity index (χ0) is 13.0. The molecule has 1 N–H and O–H groups in total. The average molecular weight is 260 g/mol. The Labute approximate surface area is 113 Å². The highest BCUT2D eigenvalue weighted by atomic mass is 32.1. The summed E-state index contributed by atoms with van der Waals surface area (Å²) in [6.07, 6.45) is 1.52. The van der Waals surface area contributed by atoms with Crippen LogP contribution in [-0.2, 0) is 12.8 Å². The summed E-state index contributed by atoms with van der Waals surface area (Å²) in [5, 5.41) is 10.3. The van der Waals surface area contributed by atoms with Crippen LogP contribution < -0.4 is 0 Å². The quantitative estimate of drug-likeness (QED) is 0.861. The molecule has 1 heterocycles. The molecule has 0 radical (unpaired) electrons. The monoisotopic (exact) mass is 260 g/mol. The van der Waals surface area contributed by atoms with Gasteiger partial charge in [-0.05, 0) is 24.1 Å². The van der Waals surface area contributed by atoms with Crippen molar-refractivity contribution >= 4 is 11.3 Å². The second-order valence-corrected chi connectivity index (χ2v) is 5.95. The predicted octanol–water partition coefficient (Wildman–Crippen LogP) is 4.02. The van der Waals surface area contributed by atoms with Crippen molar-refractivity contribution in [2.24, 2.45) is 0 Å². The molecule has 0 saturated heterocycles. The van der Waals surface area contributed by atoms with Crippen LogP contribution in [0.15, 0.2) is 42.5 Å². The Kier molecular flexibility index (Phi) is 4.56. The van der Waals surface area contributed by atoms with E-state index in [0.717, 1.165) is 12.8 Å². The van der Waals surface area contributed by atoms with Gasteiger partial charge in [-0.15, -0.1) is 11.3 Å². The number of aliphatic hydroxyl groups is 1. The largest absolute Gasteiger partial charge is 0.392 e. The summed E-state index contributed by atoms with van der Waals surface area (Å²) in [4.78, 5) is 2.67. The molecule has 96 valence electrons. The number of hydrogen-bond acceptors (Lipinski definition) is 2. The first-order chi connectivity index (χ1) is 8.70. The minimum Gasteiger partial charge on any atom is -0.392 e. The van der Waals surface area contributed by atoms with Crippen LogP contribution in [0.4, 0.5) is 0 Å². The van der Waals surface area contributed by atoms with Crippen LogP contribution in [0.3, 0.4) is 0 Å². The van der Waals surface area contributed by atoms with Crippen LogP contribution in [0, 0.1) is 0 Å². The second-order valence-electron chi connectivity index (χ2n) is 4.69. The summed E-state index contributed by atoms with van der Waals surface area (Å²) in [7, 11) is 0. The third-order valence-electron chi connectivity index (χ3n) is 3.38. The highest BCUT2D eigenvalue weighted by Crippen LogP contribution is 2.25. The van der Waals surface area contributed by atoms with E-state index in [9.17, 15) is 5.11 Å². The fourth-order valence-electron chi connectivity index (χ4n) is 2.08. The number of benzene rings is 1. The van der Waals surface area contributed by atoms with Gasteiger partial charge in [-0.25, -0.2) is 0 Å². The van der Waals surface area contributed by atoms with E-state index in [0.29, 0.717) is 0 Å². The fourth-order valence-corrected chi connectivity index (χ4v) is 3.09. The first-order valence-corrected chi connectivity index (χ1v) is 7.33. The number of rotatable bonds is 5. The molecule has 1 aromatic carbocycles. The molecule has 1 nitrogen and oxygen atoms in total. The maximum Gasteiger partial charge on any atom is 0.0654 e. The maximum absolute atomic E-state index is 10.3. The Balaban J connectivity index is 2.01. The van der Waals surface area contributed by atoms with Gasteiger partial charge in [0.2, 0.25) is 0 Å². The van der Waals surface area contributed by atoms with Gasteiger partial charge in [-0.3, -0.25) is 0 Å². The van der Waals surface area contributed by atoms with E-state index in [-0.39, 0.29) is 12.0 Å². The van der Waals surface area contributed by atoms with Gasteiger partial charge in [-0.2, -0.15) is 0 Å². The SMILES string of the molecule is CCc1ccc(CC(O)C(C)c2ccccc2)s1. The van der Waals surface area contributed by atoms with E-state index in [2.05, 4.69) is 38.1 Å². The Bertz CT molecular complexity index is 475. The topological polar surface area (TPSA) is 20.2 Å². The molecule has 2 unspecified atom stereocenters. The average Bonchev–Trinajstić information content (AvgIpc) is 2.86. The molecule has 0 saturated carbocycles. The van der Waals surface area contributed by atoms with Crippen LogP contribution in [-0.4, -0.2) is 11.2 Å². The van der Waals surface area contributed by atoms with Gasteiger partial charge < -0.3 is 5.11 Å². The van der Waals surface area contributed by atoms with Crippen LogP contribution in [0.5, 0.6) is 0 Å². The molecule has 0 spiro atoms. The zero-order valence-electron chi connectivity index (χ0n) is 11.0. The Morgan fingerprint density at radius 3 is 2.33 bits per heavy atom. The molecule has 0 aliphatic heterocycles. The van der Waals surface area contributed by atoms with Crippen molar-refractivity contribution in [1.82, 2.24) is 0 Å². The van der Waals surface area contributed by atoms with Gasteiger partial charge in [0, 0.05) is 22.1 Å². The minimum absolute atomic E-state index is 0.179. The molecule has 2 aromatic rings. The normalized spacial score (nSPS) is 14.4. The predicted molar refractivity (Wildman–Crippen MR) is 78.3 cm³/mol. The lowest BCUT2D eigenvalue weighted by atomic mass is 9.93. The summed E-state index contributed by atoms with van der Waals surface area (Å²) >= 11 is 1.81. The molecular weight excluding hydrogens is 240 g/mol. The number of thiophene rings is 1. The van der Waals surface area contributed by atoms with Crippen LogP contribution in [0.1, 0.15) is 35.1 Å².